The lowest BCUT2D eigenvalue weighted by atomic mass is 10.6. The van der Waals surface area contributed by atoms with Crippen LogP contribution in [0, 0.1) is 0 Å². The van der Waals surface area contributed by atoms with Gasteiger partial charge in [-0.25, -0.2) is 22.5 Å². The molecule has 0 aliphatic heterocycles. The third kappa shape index (κ3) is 2.16. The van der Waals surface area contributed by atoms with E-state index < -0.39 is 26.2 Å². The van der Waals surface area contributed by atoms with Gasteiger partial charge in [-0.2, -0.15) is 0 Å². The maximum absolute atomic E-state index is 12.4. The summed E-state index contributed by atoms with van der Waals surface area (Å²) >= 11 is 1.13. The van der Waals surface area contributed by atoms with Crippen LogP contribution in [0.2, 0.25) is 0 Å². The summed E-state index contributed by atoms with van der Waals surface area (Å²) in [5.41, 5.74) is -1.46. The maximum atomic E-state index is 12.4. The zero-order valence-corrected chi connectivity index (χ0v) is 12.6. The molecule has 0 bridgehead atoms. The van der Waals surface area contributed by atoms with Crippen molar-refractivity contribution in [3.05, 3.63) is 38.6 Å². The molecule has 0 spiro atoms. The minimum Gasteiger partial charge on any atom is -0.302 e. The zero-order chi connectivity index (χ0) is 15.1. The number of aromatic nitrogens is 3. The molecule has 20 heavy (non-hydrogen) atoms. The molecule has 0 aromatic carbocycles. The van der Waals surface area contributed by atoms with Gasteiger partial charge in [-0.05, 0) is 0 Å². The molecule has 2 aromatic heterocycles. The van der Waals surface area contributed by atoms with Gasteiger partial charge in [-0.1, -0.05) is 0 Å². The molecule has 8 nitrogen and oxygen atoms in total. The van der Waals surface area contributed by atoms with Crippen LogP contribution in [0.1, 0.15) is 0 Å². The predicted molar refractivity (Wildman–Crippen MR) is 74.6 cm³/mol. The highest BCUT2D eigenvalue weighted by atomic mass is 32.2. The molecule has 0 aliphatic carbocycles. The van der Waals surface area contributed by atoms with Crippen LogP contribution in [0.3, 0.4) is 0 Å². The van der Waals surface area contributed by atoms with Crippen molar-refractivity contribution in [2.75, 3.05) is 11.4 Å². The summed E-state index contributed by atoms with van der Waals surface area (Å²) in [6.45, 7) is 0. The monoisotopic (exact) mass is 316 g/mol. The van der Waals surface area contributed by atoms with Crippen molar-refractivity contribution >= 4 is 26.5 Å². The quantitative estimate of drug-likeness (QED) is 0.751. The minimum atomic E-state index is -4.07. The molecule has 0 atom stereocenters. The van der Waals surface area contributed by atoms with Crippen molar-refractivity contribution in [1.29, 1.82) is 0 Å². The van der Waals surface area contributed by atoms with E-state index in [1.54, 1.807) is 5.38 Å². The summed E-state index contributed by atoms with van der Waals surface area (Å²) < 4.78 is 27.6. The summed E-state index contributed by atoms with van der Waals surface area (Å²) in [4.78, 5) is 27.0. The zero-order valence-electron chi connectivity index (χ0n) is 11.0. The van der Waals surface area contributed by atoms with E-state index in [4.69, 9.17) is 0 Å². The average molecular weight is 316 g/mol. The predicted octanol–water partition coefficient (Wildman–Crippen LogP) is -0.634. The van der Waals surface area contributed by atoms with Gasteiger partial charge >= 0.3 is 5.69 Å². The fourth-order valence-electron chi connectivity index (χ4n) is 1.57. The summed E-state index contributed by atoms with van der Waals surface area (Å²) in [6, 6.07) is 0. The van der Waals surface area contributed by atoms with Gasteiger partial charge in [0.2, 0.25) is 0 Å². The highest BCUT2D eigenvalue weighted by Crippen LogP contribution is 2.21. The summed E-state index contributed by atoms with van der Waals surface area (Å²) in [5, 5.41) is 1.86. The Morgan fingerprint density at radius 3 is 2.50 bits per heavy atom. The SMILES string of the molecule is CN(c1nccs1)S(=O)(=O)c1cn(C)c(=O)n(C)c1=O. The first-order chi connectivity index (χ1) is 9.26. The van der Waals surface area contributed by atoms with Gasteiger partial charge in [0.25, 0.3) is 15.6 Å². The van der Waals surface area contributed by atoms with E-state index in [-0.39, 0.29) is 5.13 Å². The smallest absolute Gasteiger partial charge is 0.302 e. The Morgan fingerprint density at radius 2 is 1.95 bits per heavy atom. The van der Waals surface area contributed by atoms with Gasteiger partial charge in [-0.3, -0.25) is 9.36 Å². The van der Waals surface area contributed by atoms with Crippen molar-refractivity contribution in [1.82, 2.24) is 14.1 Å². The Labute approximate surface area is 118 Å². The molecule has 2 rings (SSSR count). The van der Waals surface area contributed by atoms with Gasteiger partial charge < -0.3 is 4.57 Å². The molecule has 10 heteroatoms. The van der Waals surface area contributed by atoms with Crippen molar-refractivity contribution < 1.29 is 8.42 Å². The largest absolute Gasteiger partial charge is 0.330 e. The molecule has 2 heterocycles. The van der Waals surface area contributed by atoms with Crippen LogP contribution in [-0.4, -0.2) is 29.6 Å². The van der Waals surface area contributed by atoms with E-state index in [0.717, 1.165) is 31.0 Å². The highest BCUT2D eigenvalue weighted by Gasteiger charge is 2.27. The van der Waals surface area contributed by atoms with Gasteiger partial charge in [0.15, 0.2) is 10.0 Å². The second-order valence-electron chi connectivity index (χ2n) is 4.04. The van der Waals surface area contributed by atoms with E-state index >= 15 is 0 Å². The molecule has 108 valence electrons. The molecular weight excluding hydrogens is 304 g/mol. The topological polar surface area (TPSA) is 94.3 Å². The fourth-order valence-corrected chi connectivity index (χ4v) is 3.71. The number of sulfonamides is 1. The summed E-state index contributed by atoms with van der Waals surface area (Å²) in [7, 11) is -0.154. The average Bonchev–Trinajstić information content (AvgIpc) is 2.93. The second-order valence-corrected chi connectivity index (χ2v) is 6.85. The van der Waals surface area contributed by atoms with Gasteiger partial charge in [-0.15, -0.1) is 11.3 Å². The molecule has 0 N–H and O–H groups in total. The normalized spacial score (nSPS) is 11.6. The number of hydrogen-bond donors (Lipinski definition) is 0. The number of hydrogen-bond acceptors (Lipinski definition) is 6. The van der Waals surface area contributed by atoms with Crippen LogP contribution in [0.4, 0.5) is 5.13 Å². The van der Waals surface area contributed by atoms with Crippen LogP contribution in [-0.2, 0) is 24.1 Å². The number of aryl methyl sites for hydroxylation is 1. The highest BCUT2D eigenvalue weighted by molar-refractivity contribution is 7.93. The van der Waals surface area contributed by atoms with Crippen LogP contribution >= 0.6 is 11.3 Å². The van der Waals surface area contributed by atoms with E-state index in [1.165, 1.54) is 27.3 Å². The molecule has 0 fully saturated rings. The first-order valence-electron chi connectivity index (χ1n) is 5.42. The Kier molecular flexibility index (Phi) is 3.52. The number of thiazole rings is 1. The van der Waals surface area contributed by atoms with Gasteiger partial charge in [0.05, 0.1) is 0 Å². The first-order valence-corrected chi connectivity index (χ1v) is 7.74. The van der Waals surface area contributed by atoms with Crippen LogP contribution < -0.4 is 15.6 Å². The van der Waals surface area contributed by atoms with Crippen LogP contribution in [0.15, 0.2) is 32.3 Å². The molecule has 0 aliphatic rings. The van der Waals surface area contributed by atoms with Gasteiger partial charge in [0, 0.05) is 38.9 Å². The third-order valence-corrected chi connectivity index (χ3v) is 5.44. The lowest BCUT2D eigenvalue weighted by Crippen LogP contribution is -2.41. The Morgan fingerprint density at radius 1 is 1.30 bits per heavy atom. The minimum absolute atomic E-state index is 0.237. The first kappa shape index (κ1) is 14.5. The standard InChI is InChI=1S/C10H12N4O4S2/c1-12-6-7(8(15)13(2)10(12)16)20(17,18)14(3)9-11-4-5-19-9/h4-6H,1-3H3. The van der Waals surface area contributed by atoms with Gasteiger partial charge in [0.1, 0.15) is 0 Å². The van der Waals surface area contributed by atoms with E-state index in [9.17, 15) is 18.0 Å². The number of rotatable bonds is 3. The van der Waals surface area contributed by atoms with Crippen molar-refractivity contribution in [2.45, 2.75) is 4.90 Å². The summed E-state index contributed by atoms with van der Waals surface area (Å²) in [5.74, 6) is 0. The fraction of sp³-hybridized carbons (Fsp3) is 0.300. The Balaban J connectivity index is 2.68. The van der Waals surface area contributed by atoms with E-state index in [0.29, 0.717) is 0 Å². The van der Waals surface area contributed by atoms with Crippen molar-refractivity contribution in [3.63, 3.8) is 0 Å². The van der Waals surface area contributed by atoms with E-state index in [1.807, 2.05) is 0 Å². The molecule has 0 saturated carbocycles. The van der Waals surface area contributed by atoms with Crippen molar-refractivity contribution in [3.8, 4) is 0 Å². The molecular formula is C10H12N4O4S2. The number of nitrogens with zero attached hydrogens (tertiary/aromatic N) is 4. The Bertz CT molecular complexity index is 848. The number of anilines is 1. The molecule has 2 aromatic rings. The van der Waals surface area contributed by atoms with E-state index in [2.05, 4.69) is 4.98 Å². The molecule has 0 amide bonds. The lowest BCUT2D eigenvalue weighted by Gasteiger charge is -2.16. The molecule has 0 unspecified atom stereocenters. The Hall–Kier alpha value is -1.94. The lowest BCUT2D eigenvalue weighted by molar-refractivity contribution is 0.582. The maximum Gasteiger partial charge on any atom is 0.330 e. The molecule has 0 saturated heterocycles. The molecule has 0 radical (unpaired) electrons. The summed E-state index contributed by atoms with van der Waals surface area (Å²) in [6.07, 6.45) is 2.48. The van der Waals surface area contributed by atoms with Crippen LogP contribution in [0.5, 0.6) is 0 Å². The second kappa shape index (κ2) is 4.87. The van der Waals surface area contributed by atoms with Crippen LogP contribution in [0.25, 0.3) is 0 Å². The third-order valence-electron chi connectivity index (χ3n) is 2.74. The van der Waals surface area contributed by atoms with Crippen molar-refractivity contribution in [2.24, 2.45) is 14.1 Å².